The fourth-order valence-corrected chi connectivity index (χ4v) is 5.99. The van der Waals surface area contributed by atoms with E-state index in [-0.39, 0.29) is 16.8 Å². The summed E-state index contributed by atoms with van der Waals surface area (Å²) in [5.41, 5.74) is 0. The molecule has 4 rings (SSSR count). The highest BCUT2D eigenvalue weighted by Gasteiger charge is 2.40. The number of hydrogen-bond donors (Lipinski definition) is 1. The molecule has 6 heteroatoms. The molecule has 2 aliphatic rings. The molecule has 1 atom stereocenters. The standard InChI is InChI=1S/C21H26N2O3S/c24-21(22-18-9-2-1-3-10-18)20-11-6-14-23(20)27(25,26)19-13-12-16-7-4-5-8-17(16)15-19/h4-5,7-8,12-13,15,18,20H,1-3,6,9-11,14H2,(H,22,24). The molecule has 2 aromatic carbocycles. The van der Waals surface area contributed by atoms with Crippen LogP contribution < -0.4 is 5.32 Å². The van der Waals surface area contributed by atoms with Crippen molar-refractivity contribution in [3.05, 3.63) is 42.5 Å². The van der Waals surface area contributed by atoms with E-state index in [0.717, 1.165) is 42.9 Å². The first-order valence-corrected chi connectivity index (χ1v) is 11.3. The second-order valence-corrected chi connectivity index (χ2v) is 9.52. The normalized spacial score (nSPS) is 22.1. The minimum absolute atomic E-state index is 0.135. The van der Waals surface area contributed by atoms with Crippen molar-refractivity contribution in [2.24, 2.45) is 0 Å². The van der Waals surface area contributed by atoms with Gasteiger partial charge in [-0.15, -0.1) is 0 Å². The molecule has 1 amide bonds. The van der Waals surface area contributed by atoms with Crippen molar-refractivity contribution in [2.45, 2.75) is 61.9 Å². The monoisotopic (exact) mass is 386 g/mol. The highest BCUT2D eigenvalue weighted by atomic mass is 32.2. The van der Waals surface area contributed by atoms with E-state index in [1.54, 1.807) is 12.1 Å². The molecule has 1 saturated carbocycles. The van der Waals surface area contributed by atoms with Crippen molar-refractivity contribution in [3.8, 4) is 0 Å². The van der Waals surface area contributed by atoms with Crippen LogP contribution in [0.25, 0.3) is 10.8 Å². The minimum atomic E-state index is -3.69. The van der Waals surface area contributed by atoms with Crippen LogP contribution in [0.2, 0.25) is 0 Å². The van der Waals surface area contributed by atoms with Crippen LogP contribution in [0.15, 0.2) is 47.4 Å². The third-order valence-corrected chi connectivity index (χ3v) is 7.69. The largest absolute Gasteiger partial charge is 0.352 e. The van der Waals surface area contributed by atoms with E-state index in [4.69, 9.17) is 0 Å². The Morgan fingerprint density at radius 3 is 2.44 bits per heavy atom. The molecule has 0 bridgehead atoms. The van der Waals surface area contributed by atoms with Gasteiger partial charge in [0.05, 0.1) is 4.90 Å². The Balaban J connectivity index is 1.56. The lowest BCUT2D eigenvalue weighted by atomic mass is 9.95. The Morgan fingerprint density at radius 1 is 0.926 bits per heavy atom. The van der Waals surface area contributed by atoms with Gasteiger partial charge in [0, 0.05) is 12.6 Å². The molecule has 5 nitrogen and oxygen atoms in total. The Labute approximate surface area is 160 Å². The summed E-state index contributed by atoms with van der Waals surface area (Å²) in [4.78, 5) is 13.1. The van der Waals surface area contributed by atoms with Gasteiger partial charge in [0.2, 0.25) is 15.9 Å². The number of benzene rings is 2. The van der Waals surface area contributed by atoms with E-state index in [0.29, 0.717) is 13.0 Å². The minimum Gasteiger partial charge on any atom is -0.352 e. The topological polar surface area (TPSA) is 66.5 Å². The van der Waals surface area contributed by atoms with Gasteiger partial charge in [-0.05, 0) is 48.6 Å². The van der Waals surface area contributed by atoms with Gasteiger partial charge in [-0.3, -0.25) is 4.79 Å². The molecule has 0 radical (unpaired) electrons. The molecule has 27 heavy (non-hydrogen) atoms. The van der Waals surface area contributed by atoms with Crippen molar-refractivity contribution in [1.29, 1.82) is 0 Å². The van der Waals surface area contributed by atoms with Gasteiger partial charge in [-0.1, -0.05) is 49.6 Å². The molecule has 2 aromatic rings. The summed E-state index contributed by atoms with van der Waals surface area (Å²) in [6.45, 7) is 0.401. The van der Waals surface area contributed by atoms with Crippen LogP contribution in [-0.2, 0) is 14.8 Å². The maximum Gasteiger partial charge on any atom is 0.243 e. The fraction of sp³-hybridized carbons (Fsp3) is 0.476. The maximum absolute atomic E-state index is 13.2. The lowest BCUT2D eigenvalue weighted by molar-refractivity contribution is -0.125. The second kappa shape index (κ2) is 7.60. The average Bonchev–Trinajstić information content (AvgIpc) is 3.19. The van der Waals surface area contributed by atoms with E-state index in [1.165, 1.54) is 10.7 Å². The van der Waals surface area contributed by atoms with Crippen LogP contribution in [0.3, 0.4) is 0 Å². The molecule has 2 fully saturated rings. The summed E-state index contributed by atoms with van der Waals surface area (Å²) in [5, 5.41) is 4.99. The highest BCUT2D eigenvalue weighted by Crippen LogP contribution is 2.29. The Kier molecular flexibility index (Phi) is 5.19. The van der Waals surface area contributed by atoms with E-state index >= 15 is 0 Å². The lowest BCUT2D eigenvalue weighted by Gasteiger charge is -2.28. The Bertz CT molecular complexity index is 935. The summed E-state index contributed by atoms with van der Waals surface area (Å²) in [7, 11) is -3.69. The molecule has 1 unspecified atom stereocenters. The number of sulfonamides is 1. The first-order chi connectivity index (χ1) is 13.1. The Morgan fingerprint density at radius 2 is 1.67 bits per heavy atom. The van der Waals surface area contributed by atoms with Crippen molar-refractivity contribution in [3.63, 3.8) is 0 Å². The summed E-state index contributed by atoms with van der Waals surface area (Å²) < 4.78 is 27.9. The zero-order valence-corrected chi connectivity index (χ0v) is 16.2. The smallest absolute Gasteiger partial charge is 0.243 e. The third-order valence-electron chi connectivity index (χ3n) is 5.79. The van der Waals surface area contributed by atoms with Crippen molar-refractivity contribution >= 4 is 26.7 Å². The molecule has 1 aliphatic heterocycles. The van der Waals surface area contributed by atoms with E-state index < -0.39 is 16.1 Å². The molecule has 1 heterocycles. The first kappa shape index (κ1) is 18.4. The van der Waals surface area contributed by atoms with Crippen molar-refractivity contribution in [2.75, 3.05) is 6.54 Å². The zero-order chi connectivity index (χ0) is 18.9. The summed E-state index contributed by atoms with van der Waals surface area (Å²) in [5.74, 6) is -0.135. The SMILES string of the molecule is O=C(NC1CCCCC1)C1CCCN1S(=O)(=O)c1ccc2ccccc2c1. The van der Waals surface area contributed by atoms with E-state index in [9.17, 15) is 13.2 Å². The predicted molar refractivity (Wildman–Crippen MR) is 106 cm³/mol. The number of hydrogen-bond acceptors (Lipinski definition) is 3. The summed E-state index contributed by atoms with van der Waals surface area (Å²) >= 11 is 0. The molecule has 0 aromatic heterocycles. The predicted octanol–water partition coefficient (Wildman–Crippen LogP) is 3.44. The lowest BCUT2D eigenvalue weighted by Crippen LogP contribution is -2.49. The van der Waals surface area contributed by atoms with Gasteiger partial charge >= 0.3 is 0 Å². The number of amides is 1. The molecule has 0 spiro atoms. The van der Waals surface area contributed by atoms with Gasteiger partial charge in [0.25, 0.3) is 0 Å². The maximum atomic E-state index is 13.2. The van der Waals surface area contributed by atoms with Crippen LogP contribution >= 0.6 is 0 Å². The summed E-state index contributed by atoms with van der Waals surface area (Å²) in [6, 6.07) is 12.5. The molecule has 144 valence electrons. The van der Waals surface area contributed by atoms with Gasteiger partial charge in [0.1, 0.15) is 6.04 Å². The van der Waals surface area contributed by atoms with Crippen LogP contribution in [0.4, 0.5) is 0 Å². The third kappa shape index (κ3) is 3.73. The number of carbonyl (C=O) groups is 1. The zero-order valence-electron chi connectivity index (χ0n) is 15.4. The van der Waals surface area contributed by atoms with Gasteiger partial charge in [-0.2, -0.15) is 4.31 Å². The second-order valence-electron chi connectivity index (χ2n) is 7.63. The van der Waals surface area contributed by atoms with Crippen LogP contribution in [-0.4, -0.2) is 37.3 Å². The van der Waals surface area contributed by atoms with Gasteiger partial charge < -0.3 is 5.32 Å². The molecular weight excluding hydrogens is 360 g/mol. The number of nitrogens with one attached hydrogen (secondary N) is 1. The van der Waals surface area contributed by atoms with E-state index in [1.807, 2.05) is 30.3 Å². The molecule has 1 N–H and O–H groups in total. The summed E-state index contributed by atoms with van der Waals surface area (Å²) in [6.07, 6.45) is 6.79. The number of rotatable bonds is 4. The van der Waals surface area contributed by atoms with Crippen molar-refractivity contribution < 1.29 is 13.2 Å². The number of fused-ring (bicyclic) bond motifs is 1. The number of carbonyl (C=O) groups excluding carboxylic acids is 1. The van der Waals surface area contributed by atoms with Crippen LogP contribution in [0.1, 0.15) is 44.9 Å². The van der Waals surface area contributed by atoms with Crippen LogP contribution in [0.5, 0.6) is 0 Å². The van der Waals surface area contributed by atoms with E-state index in [2.05, 4.69) is 5.32 Å². The van der Waals surface area contributed by atoms with Crippen LogP contribution in [0, 0.1) is 0 Å². The first-order valence-electron chi connectivity index (χ1n) is 9.87. The van der Waals surface area contributed by atoms with Crippen molar-refractivity contribution in [1.82, 2.24) is 9.62 Å². The Hall–Kier alpha value is -1.92. The quantitative estimate of drug-likeness (QED) is 0.875. The van der Waals surface area contributed by atoms with Gasteiger partial charge in [-0.25, -0.2) is 8.42 Å². The van der Waals surface area contributed by atoms with Gasteiger partial charge in [0.15, 0.2) is 0 Å². The number of nitrogens with zero attached hydrogens (tertiary/aromatic N) is 1. The highest BCUT2D eigenvalue weighted by molar-refractivity contribution is 7.89. The molecule has 1 aliphatic carbocycles. The molecule has 1 saturated heterocycles. The fourth-order valence-electron chi connectivity index (χ4n) is 4.30. The average molecular weight is 387 g/mol. The molecular formula is C21H26N2O3S.